The van der Waals surface area contributed by atoms with Crippen molar-refractivity contribution in [1.82, 2.24) is 19.5 Å². The van der Waals surface area contributed by atoms with E-state index in [1.165, 1.54) is 0 Å². The maximum Gasteiger partial charge on any atom is 0.280 e. The van der Waals surface area contributed by atoms with Gasteiger partial charge in [-0.25, -0.2) is 4.98 Å². The third-order valence-electron chi connectivity index (χ3n) is 6.27. The van der Waals surface area contributed by atoms with Gasteiger partial charge in [-0.3, -0.25) is 14.3 Å². The van der Waals surface area contributed by atoms with Gasteiger partial charge >= 0.3 is 0 Å². The molecule has 10 heteroatoms. The Morgan fingerprint density at radius 1 is 1.38 bits per heavy atom. The van der Waals surface area contributed by atoms with Gasteiger partial charge in [-0.1, -0.05) is 20.8 Å². The largest absolute Gasteiger partial charge is 0.408 e. The van der Waals surface area contributed by atoms with Gasteiger partial charge in [0.05, 0.1) is 6.33 Å². The molecule has 2 aromatic heterocycles. The summed E-state index contributed by atoms with van der Waals surface area (Å²) >= 11 is 0. The standard InChI is InChI=1S/C16H23N5O4Si/c1-15(2,3)26(4,5)25-9-8-16(9)10(24-16)13(23-8)21-6-18-7-11(21)19-14(17)20-12(7)22/h6,8-10,13H,1-5H3,(H3,17,19,20,22)/t8-,9?,10-,13-,16-/m1/s1. The first kappa shape index (κ1) is 16.4. The Hall–Kier alpha value is -1.75. The van der Waals surface area contributed by atoms with Crippen LogP contribution >= 0.6 is 0 Å². The van der Waals surface area contributed by atoms with Crippen molar-refractivity contribution in [1.29, 1.82) is 0 Å². The van der Waals surface area contributed by atoms with Crippen LogP contribution in [0.25, 0.3) is 11.2 Å². The number of nitrogens with two attached hydrogens (primary N) is 1. The van der Waals surface area contributed by atoms with Gasteiger partial charge in [0.15, 0.2) is 31.3 Å². The predicted molar refractivity (Wildman–Crippen MR) is 96.1 cm³/mol. The maximum atomic E-state index is 12.0. The van der Waals surface area contributed by atoms with Crippen molar-refractivity contribution in [3.05, 3.63) is 16.7 Å². The van der Waals surface area contributed by atoms with Gasteiger partial charge in [0.25, 0.3) is 5.56 Å². The molecular formula is C16H23N5O4Si. The van der Waals surface area contributed by atoms with Gasteiger partial charge in [-0.2, -0.15) is 4.98 Å². The van der Waals surface area contributed by atoms with Gasteiger partial charge in [0.2, 0.25) is 5.95 Å². The zero-order valence-electron chi connectivity index (χ0n) is 15.4. The van der Waals surface area contributed by atoms with Gasteiger partial charge in [-0.15, -0.1) is 0 Å². The van der Waals surface area contributed by atoms with Crippen molar-refractivity contribution in [2.75, 3.05) is 5.73 Å². The predicted octanol–water partition coefficient (Wildman–Crippen LogP) is 1.14. The van der Waals surface area contributed by atoms with Crippen molar-refractivity contribution >= 4 is 25.4 Å². The SMILES string of the molecule is CC(C)(C)[Si](C)(C)OC1[C@H]2O[C@@H](n3cnc4c(=O)[nH]c(N)nc43)[C@H]3O[C@@]123. The van der Waals surface area contributed by atoms with E-state index in [0.717, 1.165) is 0 Å². The van der Waals surface area contributed by atoms with Gasteiger partial charge in [0.1, 0.15) is 18.3 Å². The molecule has 3 aliphatic rings. The number of rotatable bonds is 3. The fourth-order valence-corrected chi connectivity index (χ4v) is 4.93. The normalized spacial score (nSPS) is 35.4. The lowest BCUT2D eigenvalue weighted by atomic mass is 10.2. The van der Waals surface area contributed by atoms with Crippen molar-refractivity contribution in [2.45, 2.75) is 69.0 Å². The number of nitrogens with zero attached hydrogens (tertiary/aromatic N) is 3. The van der Waals surface area contributed by atoms with E-state index in [1.807, 2.05) is 0 Å². The van der Waals surface area contributed by atoms with Crippen LogP contribution < -0.4 is 11.3 Å². The molecule has 1 saturated carbocycles. The van der Waals surface area contributed by atoms with Crippen LogP contribution in [0.15, 0.2) is 11.1 Å². The molecule has 0 bridgehead atoms. The Bertz CT molecular complexity index is 979. The monoisotopic (exact) mass is 377 g/mol. The van der Waals surface area contributed by atoms with E-state index < -0.39 is 8.32 Å². The zero-order valence-corrected chi connectivity index (χ0v) is 16.4. The molecule has 5 rings (SSSR count). The van der Waals surface area contributed by atoms with E-state index in [9.17, 15) is 4.79 Å². The van der Waals surface area contributed by atoms with Crippen LogP contribution in [0.4, 0.5) is 5.95 Å². The van der Waals surface area contributed by atoms with Crippen molar-refractivity contribution in [2.24, 2.45) is 0 Å². The molecule has 4 heterocycles. The van der Waals surface area contributed by atoms with Gasteiger partial charge < -0.3 is 19.6 Å². The molecule has 0 radical (unpaired) electrons. The molecule has 3 N–H and O–H groups in total. The highest BCUT2D eigenvalue weighted by molar-refractivity contribution is 6.74. The first-order valence-electron chi connectivity index (χ1n) is 8.80. The van der Waals surface area contributed by atoms with Crippen LogP contribution in [-0.2, 0) is 13.9 Å². The zero-order chi connectivity index (χ0) is 18.6. The minimum Gasteiger partial charge on any atom is -0.408 e. The average molecular weight is 377 g/mol. The first-order valence-corrected chi connectivity index (χ1v) is 11.7. The highest BCUT2D eigenvalue weighted by Gasteiger charge is 2.90. The summed E-state index contributed by atoms with van der Waals surface area (Å²) in [6.45, 7) is 11.1. The number of hydrogen-bond acceptors (Lipinski definition) is 7. The van der Waals surface area contributed by atoms with Crippen LogP contribution in [0.1, 0.15) is 27.0 Å². The Morgan fingerprint density at radius 3 is 2.73 bits per heavy atom. The Balaban J connectivity index is 1.40. The van der Waals surface area contributed by atoms with Crippen LogP contribution in [0.2, 0.25) is 18.1 Å². The van der Waals surface area contributed by atoms with E-state index in [1.54, 1.807) is 10.9 Å². The molecule has 3 fully saturated rings. The molecule has 140 valence electrons. The smallest absolute Gasteiger partial charge is 0.280 e. The molecule has 9 nitrogen and oxygen atoms in total. The summed E-state index contributed by atoms with van der Waals surface area (Å²) in [6.07, 6.45) is 0.991. The number of imidazole rings is 1. The summed E-state index contributed by atoms with van der Waals surface area (Å²) in [7, 11) is -1.89. The van der Waals surface area contributed by atoms with Crippen molar-refractivity contribution < 1.29 is 13.9 Å². The summed E-state index contributed by atoms with van der Waals surface area (Å²) in [5.41, 5.74) is 5.61. The minimum atomic E-state index is -1.89. The number of fused-ring (bicyclic) bond motifs is 1. The molecule has 2 saturated heterocycles. The van der Waals surface area contributed by atoms with Crippen LogP contribution in [0.5, 0.6) is 0 Å². The third-order valence-corrected chi connectivity index (χ3v) is 10.7. The summed E-state index contributed by atoms with van der Waals surface area (Å²) in [5, 5.41) is 0.132. The molecular weight excluding hydrogens is 354 g/mol. The second-order valence-corrected chi connectivity index (χ2v) is 13.7. The lowest BCUT2D eigenvalue weighted by Crippen LogP contribution is -2.43. The van der Waals surface area contributed by atoms with Gasteiger partial charge in [0, 0.05) is 0 Å². The van der Waals surface area contributed by atoms with E-state index in [2.05, 4.69) is 48.8 Å². The fourth-order valence-electron chi connectivity index (χ4n) is 3.64. The van der Waals surface area contributed by atoms with Crippen molar-refractivity contribution in [3.63, 3.8) is 0 Å². The molecule has 5 atom stereocenters. The fraction of sp³-hybridized carbons (Fsp3) is 0.688. The lowest BCUT2D eigenvalue weighted by molar-refractivity contribution is -0.0381. The number of nitrogens with one attached hydrogen (secondary N) is 1. The van der Waals surface area contributed by atoms with Crippen molar-refractivity contribution in [3.8, 4) is 0 Å². The third kappa shape index (κ3) is 1.92. The van der Waals surface area contributed by atoms with E-state index in [0.29, 0.717) is 5.65 Å². The summed E-state index contributed by atoms with van der Waals surface area (Å²) < 4.78 is 20.4. The second-order valence-electron chi connectivity index (χ2n) is 8.91. The molecule has 1 spiro atoms. The number of epoxide rings is 1. The maximum absolute atomic E-state index is 12.0. The van der Waals surface area contributed by atoms with Gasteiger partial charge in [-0.05, 0) is 18.1 Å². The topological polar surface area (TPSA) is 121 Å². The molecule has 0 amide bonds. The molecule has 2 aliphatic heterocycles. The number of H-pyrrole nitrogens is 1. The van der Waals surface area contributed by atoms with Crippen LogP contribution in [0.3, 0.4) is 0 Å². The summed E-state index contributed by atoms with van der Waals surface area (Å²) in [4.78, 5) is 22.8. The summed E-state index contributed by atoms with van der Waals surface area (Å²) in [6, 6.07) is 0. The second kappa shape index (κ2) is 4.56. The molecule has 2 aromatic rings. The highest BCUT2D eigenvalue weighted by atomic mass is 28.4. The number of aromatic amines is 1. The minimum absolute atomic E-state index is 0.0131. The van der Waals surface area contributed by atoms with E-state index in [-0.39, 0.29) is 52.2 Å². The summed E-state index contributed by atoms with van der Waals surface area (Å²) in [5.74, 6) is 0.0537. The Labute approximate surface area is 151 Å². The number of nitrogen functional groups attached to an aromatic ring is 1. The molecule has 1 unspecified atom stereocenters. The number of ether oxygens (including phenoxy) is 2. The van der Waals surface area contributed by atoms with Crippen LogP contribution in [-0.4, -0.2) is 51.7 Å². The molecule has 1 aliphatic carbocycles. The number of anilines is 1. The Kier molecular flexibility index (Phi) is 2.88. The quantitative estimate of drug-likeness (QED) is 0.608. The lowest BCUT2D eigenvalue weighted by Gasteiger charge is -2.36. The van der Waals surface area contributed by atoms with E-state index in [4.69, 9.17) is 19.6 Å². The van der Waals surface area contributed by atoms with E-state index >= 15 is 0 Å². The molecule has 0 aromatic carbocycles. The first-order chi connectivity index (χ1) is 12.1. The number of aromatic nitrogens is 4. The Morgan fingerprint density at radius 2 is 2.12 bits per heavy atom. The highest BCUT2D eigenvalue weighted by Crippen LogP contribution is 2.70. The average Bonchev–Trinajstić information content (AvgIpc) is 3.25. The van der Waals surface area contributed by atoms with Crippen LogP contribution in [0, 0.1) is 0 Å². The number of hydrogen-bond donors (Lipinski definition) is 2. The molecule has 26 heavy (non-hydrogen) atoms.